The Balaban J connectivity index is 1.52. The summed E-state index contributed by atoms with van der Waals surface area (Å²) in [6.45, 7) is 4.57. The SMILES string of the molecule is Cc1cn2c(CN(C)C(=O)c3cccc(CN4C(=O)CNC4=O)c3)c(C)nc2s1. The van der Waals surface area contributed by atoms with Crippen LogP contribution in [-0.2, 0) is 17.9 Å². The number of carbonyl (C=O) groups excluding carboxylic acids is 3. The minimum Gasteiger partial charge on any atom is -0.336 e. The van der Waals surface area contributed by atoms with Gasteiger partial charge in [0.05, 0.1) is 31.0 Å². The highest BCUT2D eigenvalue weighted by Crippen LogP contribution is 2.22. The largest absolute Gasteiger partial charge is 0.336 e. The Morgan fingerprint density at radius 1 is 1.31 bits per heavy atom. The molecule has 0 saturated carbocycles. The second-order valence-electron chi connectivity index (χ2n) is 7.14. The maximum Gasteiger partial charge on any atom is 0.324 e. The molecule has 4 amide bonds. The zero-order valence-electron chi connectivity index (χ0n) is 16.4. The van der Waals surface area contributed by atoms with Crippen LogP contribution in [0.25, 0.3) is 4.96 Å². The number of thiazole rings is 1. The molecule has 8 nitrogen and oxygen atoms in total. The van der Waals surface area contributed by atoms with E-state index in [-0.39, 0.29) is 24.9 Å². The second kappa shape index (κ2) is 7.32. The maximum atomic E-state index is 13.0. The highest BCUT2D eigenvalue weighted by atomic mass is 32.1. The van der Waals surface area contributed by atoms with E-state index in [1.807, 2.05) is 24.4 Å². The first-order chi connectivity index (χ1) is 13.8. The van der Waals surface area contributed by atoms with Gasteiger partial charge in [-0.25, -0.2) is 9.78 Å². The molecular formula is C20H21N5O3S. The Morgan fingerprint density at radius 3 is 2.83 bits per heavy atom. The van der Waals surface area contributed by atoms with Crippen molar-refractivity contribution in [1.82, 2.24) is 24.5 Å². The monoisotopic (exact) mass is 411 g/mol. The normalized spacial score (nSPS) is 14.0. The summed E-state index contributed by atoms with van der Waals surface area (Å²) >= 11 is 1.62. The minimum absolute atomic E-state index is 0.0153. The van der Waals surface area contributed by atoms with E-state index in [0.29, 0.717) is 12.1 Å². The number of nitrogens with one attached hydrogen (secondary N) is 1. The molecule has 0 spiro atoms. The van der Waals surface area contributed by atoms with Crippen LogP contribution in [0.2, 0.25) is 0 Å². The van der Waals surface area contributed by atoms with Gasteiger partial charge < -0.3 is 10.2 Å². The van der Waals surface area contributed by atoms with Crippen LogP contribution in [0.15, 0.2) is 30.5 Å². The fourth-order valence-corrected chi connectivity index (χ4v) is 4.31. The molecule has 0 unspecified atom stereocenters. The zero-order chi connectivity index (χ0) is 20.7. The number of benzene rings is 1. The van der Waals surface area contributed by atoms with E-state index in [0.717, 1.165) is 31.7 Å². The molecule has 0 atom stereocenters. The fourth-order valence-electron chi connectivity index (χ4n) is 3.42. The summed E-state index contributed by atoms with van der Waals surface area (Å²) in [5, 5.41) is 2.50. The van der Waals surface area contributed by atoms with Crippen LogP contribution < -0.4 is 5.32 Å². The molecule has 0 bridgehead atoms. The van der Waals surface area contributed by atoms with Crippen LogP contribution in [0, 0.1) is 13.8 Å². The Hall–Kier alpha value is -3.20. The molecule has 150 valence electrons. The summed E-state index contributed by atoms with van der Waals surface area (Å²) in [5.74, 6) is -0.402. The lowest BCUT2D eigenvalue weighted by Crippen LogP contribution is -2.30. The molecule has 1 aromatic carbocycles. The lowest BCUT2D eigenvalue weighted by molar-refractivity contribution is -0.125. The van der Waals surface area contributed by atoms with E-state index in [9.17, 15) is 14.4 Å². The third-order valence-corrected chi connectivity index (χ3v) is 5.82. The lowest BCUT2D eigenvalue weighted by atomic mass is 10.1. The van der Waals surface area contributed by atoms with Crippen molar-refractivity contribution in [3.63, 3.8) is 0 Å². The molecular weight excluding hydrogens is 390 g/mol. The number of nitrogens with zero attached hydrogens (tertiary/aromatic N) is 4. The Kier molecular flexibility index (Phi) is 4.83. The van der Waals surface area contributed by atoms with Crippen molar-refractivity contribution < 1.29 is 14.4 Å². The smallest absolute Gasteiger partial charge is 0.324 e. The third kappa shape index (κ3) is 3.61. The molecule has 0 aliphatic carbocycles. The topological polar surface area (TPSA) is 87.0 Å². The van der Waals surface area contributed by atoms with Gasteiger partial charge in [0.15, 0.2) is 4.96 Å². The van der Waals surface area contributed by atoms with Crippen molar-refractivity contribution in [3.05, 3.63) is 57.9 Å². The van der Waals surface area contributed by atoms with E-state index in [2.05, 4.69) is 10.3 Å². The van der Waals surface area contributed by atoms with Crippen LogP contribution in [0.3, 0.4) is 0 Å². The maximum absolute atomic E-state index is 13.0. The number of hydrogen-bond acceptors (Lipinski definition) is 5. The van der Waals surface area contributed by atoms with Gasteiger partial charge in [0.2, 0.25) is 5.91 Å². The minimum atomic E-state index is -0.407. The number of fused-ring (bicyclic) bond motifs is 1. The van der Waals surface area contributed by atoms with Crippen LogP contribution in [0.4, 0.5) is 4.79 Å². The third-order valence-electron chi connectivity index (χ3n) is 4.93. The average molecular weight is 411 g/mol. The van der Waals surface area contributed by atoms with Crippen LogP contribution in [0.1, 0.15) is 32.2 Å². The van der Waals surface area contributed by atoms with Gasteiger partial charge in [0, 0.05) is 23.7 Å². The zero-order valence-corrected chi connectivity index (χ0v) is 17.2. The quantitative estimate of drug-likeness (QED) is 0.653. The van der Waals surface area contributed by atoms with Crippen LogP contribution >= 0.6 is 11.3 Å². The molecule has 1 saturated heterocycles. The van der Waals surface area contributed by atoms with E-state index in [1.165, 1.54) is 0 Å². The highest BCUT2D eigenvalue weighted by molar-refractivity contribution is 7.17. The molecule has 4 rings (SSSR count). The van der Waals surface area contributed by atoms with E-state index in [1.54, 1.807) is 47.5 Å². The van der Waals surface area contributed by atoms with Crippen molar-refractivity contribution in [2.45, 2.75) is 26.9 Å². The van der Waals surface area contributed by atoms with Gasteiger partial charge >= 0.3 is 6.03 Å². The molecule has 3 heterocycles. The van der Waals surface area contributed by atoms with Gasteiger partial charge in [-0.15, -0.1) is 11.3 Å². The summed E-state index contributed by atoms with van der Waals surface area (Å²) in [7, 11) is 1.75. The Bertz CT molecular complexity index is 1120. The Morgan fingerprint density at radius 2 is 2.10 bits per heavy atom. The predicted octanol–water partition coefficient (Wildman–Crippen LogP) is 2.34. The van der Waals surface area contributed by atoms with Gasteiger partial charge in [-0.1, -0.05) is 12.1 Å². The molecule has 3 aromatic rings. The molecule has 1 N–H and O–H groups in total. The Labute approximate surface area is 171 Å². The van der Waals surface area contributed by atoms with Gasteiger partial charge in [-0.3, -0.25) is 18.9 Å². The van der Waals surface area contributed by atoms with E-state index < -0.39 is 6.03 Å². The van der Waals surface area contributed by atoms with Gasteiger partial charge in [-0.2, -0.15) is 0 Å². The van der Waals surface area contributed by atoms with E-state index >= 15 is 0 Å². The van der Waals surface area contributed by atoms with Crippen molar-refractivity contribution in [3.8, 4) is 0 Å². The number of imide groups is 1. The number of hydrogen-bond donors (Lipinski definition) is 1. The fraction of sp³-hybridized carbons (Fsp3) is 0.300. The molecule has 29 heavy (non-hydrogen) atoms. The van der Waals surface area contributed by atoms with Crippen LogP contribution in [0.5, 0.6) is 0 Å². The number of aryl methyl sites for hydroxylation is 2. The summed E-state index contributed by atoms with van der Waals surface area (Å²) in [5.41, 5.74) is 3.13. The lowest BCUT2D eigenvalue weighted by Gasteiger charge is -2.18. The first kappa shape index (κ1) is 19.1. The number of aromatic nitrogens is 2. The molecule has 1 aliphatic heterocycles. The van der Waals surface area contributed by atoms with E-state index in [4.69, 9.17) is 0 Å². The summed E-state index contributed by atoms with van der Waals surface area (Å²) in [6.07, 6.45) is 2.03. The van der Waals surface area contributed by atoms with Crippen LogP contribution in [-0.4, -0.2) is 50.6 Å². The predicted molar refractivity (Wildman–Crippen MR) is 109 cm³/mol. The summed E-state index contributed by atoms with van der Waals surface area (Å²) < 4.78 is 2.03. The second-order valence-corrected chi connectivity index (χ2v) is 8.35. The number of rotatable bonds is 5. The number of imidazole rings is 1. The molecule has 0 radical (unpaired) electrons. The van der Waals surface area contributed by atoms with Gasteiger partial charge in [0.1, 0.15) is 0 Å². The standard InChI is InChI=1S/C20H21N5O3S/c1-12-9-24-16(13(2)22-20(24)29-12)11-23(3)18(27)15-6-4-5-14(7-15)10-25-17(26)8-21-19(25)28/h4-7,9H,8,10-11H2,1-3H3,(H,21,28). The molecule has 1 aliphatic rings. The van der Waals surface area contributed by atoms with Crippen molar-refractivity contribution in [1.29, 1.82) is 0 Å². The number of amides is 4. The first-order valence-corrected chi connectivity index (χ1v) is 10.0. The molecule has 1 fully saturated rings. The summed E-state index contributed by atoms with van der Waals surface area (Å²) in [4.78, 5) is 46.0. The molecule has 2 aromatic heterocycles. The highest BCUT2D eigenvalue weighted by Gasteiger charge is 2.28. The van der Waals surface area contributed by atoms with Gasteiger partial charge in [-0.05, 0) is 31.5 Å². The first-order valence-electron chi connectivity index (χ1n) is 9.20. The number of urea groups is 1. The summed E-state index contributed by atoms with van der Waals surface area (Å²) in [6, 6.07) is 6.62. The number of carbonyl (C=O) groups is 3. The average Bonchev–Trinajstić information content (AvgIpc) is 3.30. The van der Waals surface area contributed by atoms with Gasteiger partial charge in [0.25, 0.3) is 5.91 Å². The van der Waals surface area contributed by atoms with Crippen molar-refractivity contribution in [2.24, 2.45) is 0 Å². The van der Waals surface area contributed by atoms with Crippen molar-refractivity contribution >= 4 is 34.1 Å². The van der Waals surface area contributed by atoms with Crippen molar-refractivity contribution in [2.75, 3.05) is 13.6 Å². The molecule has 9 heteroatoms.